The number of hydrogen-bond acceptors (Lipinski definition) is 3. The van der Waals surface area contributed by atoms with Crippen LogP contribution in [-0.2, 0) is 9.47 Å². The molecule has 0 aliphatic carbocycles. The van der Waals surface area contributed by atoms with Crippen molar-refractivity contribution in [3.05, 3.63) is 51.9 Å². The number of methoxy groups -OCH3 is 2. The predicted octanol–water partition coefficient (Wildman–Crippen LogP) is 4.13. The van der Waals surface area contributed by atoms with Crippen molar-refractivity contribution in [2.75, 3.05) is 14.2 Å². The number of pyridine rings is 1. The molecule has 2 heterocycles. The summed E-state index contributed by atoms with van der Waals surface area (Å²) in [6.07, 6.45) is 3.44. The van der Waals surface area contributed by atoms with Crippen molar-refractivity contribution in [2.24, 2.45) is 0 Å². The van der Waals surface area contributed by atoms with Gasteiger partial charge in [0.25, 0.3) is 0 Å². The fourth-order valence-corrected chi connectivity index (χ4v) is 3.00. The summed E-state index contributed by atoms with van der Waals surface area (Å²) in [6, 6.07) is 10.2. The molecule has 0 atom stereocenters. The molecular formula is C16H15IN2O2. The van der Waals surface area contributed by atoms with Crippen LogP contribution in [0.3, 0.4) is 0 Å². The van der Waals surface area contributed by atoms with Crippen LogP contribution in [0.1, 0.15) is 11.9 Å². The Morgan fingerprint density at radius 2 is 1.95 bits per heavy atom. The van der Waals surface area contributed by atoms with Crippen molar-refractivity contribution in [1.82, 2.24) is 9.97 Å². The number of nitrogens with zero attached hydrogens (tertiary/aromatic N) is 1. The molecule has 0 fully saturated rings. The van der Waals surface area contributed by atoms with Gasteiger partial charge in [-0.3, -0.25) is 0 Å². The molecule has 0 spiro atoms. The molecule has 0 saturated carbocycles. The van der Waals surface area contributed by atoms with Crippen LogP contribution in [0.4, 0.5) is 0 Å². The van der Waals surface area contributed by atoms with E-state index in [4.69, 9.17) is 9.47 Å². The largest absolute Gasteiger partial charge is 0.352 e. The van der Waals surface area contributed by atoms with Crippen LogP contribution >= 0.6 is 22.6 Å². The Labute approximate surface area is 136 Å². The second-order valence-electron chi connectivity index (χ2n) is 4.65. The monoisotopic (exact) mass is 394 g/mol. The van der Waals surface area contributed by atoms with E-state index >= 15 is 0 Å². The Hall–Kier alpha value is -1.44. The number of aromatic nitrogens is 2. The zero-order chi connectivity index (χ0) is 14.8. The van der Waals surface area contributed by atoms with Crippen molar-refractivity contribution in [3.63, 3.8) is 0 Å². The van der Waals surface area contributed by atoms with E-state index in [0.29, 0.717) is 0 Å². The van der Waals surface area contributed by atoms with Crippen LogP contribution in [0.5, 0.6) is 0 Å². The molecule has 1 N–H and O–H groups in total. The molecule has 1 aromatic carbocycles. The molecule has 2 aromatic heterocycles. The molecule has 108 valence electrons. The normalized spacial score (nSPS) is 11.4. The molecular weight excluding hydrogens is 379 g/mol. The number of fused-ring (bicyclic) bond motifs is 1. The van der Waals surface area contributed by atoms with Gasteiger partial charge in [-0.2, -0.15) is 0 Å². The summed E-state index contributed by atoms with van der Waals surface area (Å²) in [6.45, 7) is 0. The SMILES string of the molecule is COC(OC)c1ccccc1-c1cnc2[nH]cc(I)c2c1. The lowest BCUT2D eigenvalue weighted by atomic mass is 10.00. The molecule has 0 unspecified atom stereocenters. The number of aromatic amines is 1. The maximum atomic E-state index is 5.39. The summed E-state index contributed by atoms with van der Waals surface area (Å²) in [5.74, 6) is 0. The lowest BCUT2D eigenvalue weighted by molar-refractivity contribution is -0.105. The Kier molecular flexibility index (Phi) is 4.23. The van der Waals surface area contributed by atoms with Gasteiger partial charge >= 0.3 is 0 Å². The number of nitrogens with one attached hydrogen (secondary N) is 1. The zero-order valence-electron chi connectivity index (χ0n) is 11.8. The summed E-state index contributed by atoms with van der Waals surface area (Å²) in [4.78, 5) is 7.65. The molecule has 21 heavy (non-hydrogen) atoms. The van der Waals surface area contributed by atoms with Crippen LogP contribution in [0.25, 0.3) is 22.2 Å². The third-order valence-corrected chi connectivity index (χ3v) is 4.33. The first kappa shape index (κ1) is 14.5. The first-order chi connectivity index (χ1) is 10.2. The number of H-pyrrole nitrogens is 1. The second kappa shape index (κ2) is 6.13. The van der Waals surface area contributed by atoms with E-state index in [0.717, 1.165) is 31.3 Å². The Balaban J connectivity index is 2.15. The van der Waals surface area contributed by atoms with Crippen molar-refractivity contribution in [3.8, 4) is 11.1 Å². The minimum atomic E-state index is -0.387. The van der Waals surface area contributed by atoms with Gasteiger partial charge in [0, 0.05) is 46.7 Å². The average molecular weight is 394 g/mol. The first-order valence-electron chi connectivity index (χ1n) is 6.52. The minimum absolute atomic E-state index is 0.387. The van der Waals surface area contributed by atoms with Crippen LogP contribution in [0.2, 0.25) is 0 Å². The van der Waals surface area contributed by atoms with E-state index in [1.54, 1.807) is 14.2 Å². The molecule has 0 aliphatic rings. The minimum Gasteiger partial charge on any atom is -0.352 e. The van der Waals surface area contributed by atoms with Gasteiger partial charge < -0.3 is 14.5 Å². The molecule has 3 rings (SSSR count). The zero-order valence-corrected chi connectivity index (χ0v) is 13.9. The van der Waals surface area contributed by atoms with Crippen LogP contribution in [-0.4, -0.2) is 24.2 Å². The first-order valence-corrected chi connectivity index (χ1v) is 7.60. The van der Waals surface area contributed by atoms with Gasteiger partial charge in [0.1, 0.15) is 5.65 Å². The Morgan fingerprint density at radius 3 is 2.71 bits per heavy atom. The summed E-state index contributed by atoms with van der Waals surface area (Å²) >= 11 is 2.31. The Morgan fingerprint density at radius 1 is 1.19 bits per heavy atom. The van der Waals surface area contributed by atoms with Crippen molar-refractivity contribution < 1.29 is 9.47 Å². The summed E-state index contributed by atoms with van der Waals surface area (Å²) in [5, 5.41) is 1.12. The second-order valence-corrected chi connectivity index (χ2v) is 5.81. The van der Waals surface area contributed by atoms with E-state index in [1.165, 1.54) is 0 Å². The van der Waals surface area contributed by atoms with E-state index in [9.17, 15) is 0 Å². The number of halogens is 1. The van der Waals surface area contributed by atoms with E-state index in [1.807, 2.05) is 30.6 Å². The molecule has 0 aliphatic heterocycles. The summed E-state index contributed by atoms with van der Waals surface area (Å²) < 4.78 is 11.9. The number of hydrogen-bond donors (Lipinski definition) is 1. The topological polar surface area (TPSA) is 47.1 Å². The highest BCUT2D eigenvalue weighted by Crippen LogP contribution is 2.32. The third kappa shape index (κ3) is 2.68. The van der Waals surface area contributed by atoms with E-state index in [-0.39, 0.29) is 6.29 Å². The molecule has 0 radical (unpaired) electrons. The quantitative estimate of drug-likeness (QED) is 0.535. The summed E-state index contributed by atoms with van der Waals surface area (Å²) in [5.41, 5.74) is 4.01. The smallest absolute Gasteiger partial charge is 0.183 e. The average Bonchev–Trinajstić information content (AvgIpc) is 2.90. The number of benzene rings is 1. The lowest BCUT2D eigenvalue weighted by Crippen LogP contribution is -2.05. The highest BCUT2D eigenvalue weighted by Gasteiger charge is 2.15. The van der Waals surface area contributed by atoms with Gasteiger partial charge in [0.15, 0.2) is 6.29 Å². The van der Waals surface area contributed by atoms with Gasteiger partial charge in [-0.15, -0.1) is 0 Å². The summed E-state index contributed by atoms with van der Waals surface area (Å²) in [7, 11) is 3.28. The van der Waals surface area contributed by atoms with Gasteiger partial charge in [0.2, 0.25) is 0 Å². The fraction of sp³-hybridized carbons (Fsp3) is 0.188. The molecule has 0 saturated heterocycles. The van der Waals surface area contributed by atoms with Gasteiger partial charge in [0.05, 0.1) is 0 Å². The van der Waals surface area contributed by atoms with Crippen molar-refractivity contribution >= 4 is 33.6 Å². The lowest BCUT2D eigenvalue weighted by Gasteiger charge is -2.17. The molecule has 3 aromatic rings. The molecule has 0 bridgehead atoms. The predicted molar refractivity (Wildman–Crippen MR) is 91.0 cm³/mol. The highest BCUT2D eigenvalue weighted by atomic mass is 127. The number of rotatable bonds is 4. The van der Waals surface area contributed by atoms with Crippen LogP contribution < -0.4 is 0 Å². The molecule has 5 heteroatoms. The van der Waals surface area contributed by atoms with Crippen molar-refractivity contribution in [2.45, 2.75) is 6.29 Å². The van der Waals surface area contributed by atoms with Gasteiger partial charge in [-0.1, -0.05) is 24.3 Å². The standard InChI is InChI=1S/C16H15IN2O2/c1-20-16(21-2)12-6-4-3-5-11(12)10-7-13-14(17)9-19-15(13)18-8-10/h3-9,16H,1-2H3,(H,18,19). The maximum absolute atomic E-state index is 5.39. The van der Waals surface area contributed by atoms with E-state index in [2.05, 4.69) is 44.7 Å². The Bertz CT molecular complexity index is 766. The third-order valence-electron chi connectivity index (χ3n) is 3.43. The van der Waals surface area contributed by atoms with Crippen molar-refractivity contribution in [1.29, 1.82) is 0 Å². The number of ether oxygens (including phenoxy) is 2. The molecule has 4 nitrogen and oxygen atoms in total. The van der Waals surface area contributed by atoms with E-state index < -0.39 is 0 Å². The highest BCUT2D eigenvalue weighted by molar-refractivity contribution is 14.1. The fourth-order valence-electron chi connectivity index (χ4n) is 2.43. The van der Waals surface area contributed by atoms with Crippen LogP contribution in [0.15, 0.2) is 42.7 Å². The van der Waals surface area contributed by atoms with Gasteiger partial charge in [-0.25, -0.2) is 4.98 Å². The maximum Gasteiger partial charge on any atom is 0.183 e. The van der Waals surface area contributed by atoms with Crippen LogP contribution in [0, 0.1) is 3.57 Å². The molecule has 0 amide bonds. The van der Waals surface area contributed by atoms with Gasteiger partial charge in [-0.05, 0) is 34.2 Å².